The first-order valence-electron chi connectivity index (χ1n) is 11.8. The highest BCUT2D eigenvalue weighted by Gasteiger charge is 2.39. The Labute approximate surface area is 224 Å². The zero-order valence-electron chi connectivity index (χ0n) is 20.3. The first-order valence-corrected chi connectivity index (χ1v) is 13.1. The highest BCUT2D eigenvalue weighted by atomic mass is 35.5. The monoisotopic (exact) mass is 532 g/mol. The number of hydrogen-bond acceptors (Lipinski definition) is 6. The van der Waals surface area contributed by atoms with Crippen LogP contribution in [0.25, 0.3) is 0 Å². The van der Waals surface area contributed by atoms with Gasteiger partial charge in [0, 0.05) is 23.6 Å². The van der Waals surface area contributed by atoms with Gasteiger partial charge >= 0.3 is 0 Å². The average Bonchev–Trinajstić information content (AvgIpc) is 3.50. The molecular formula is C28H25ClN4O3S. The predicted molar refractivity (Wildman–Crippen MR) is 148 cm³/mol. The lowest BCUT2D eigenvalue weighted by Crippen LogP contribution is -2.25. The van der Waals surface area contributed by atoms with Crippen LogP contribution in [0.5, 0.6) is 5.75 Å². The van der Waals surface area contributed by atoms with Crippen LogP contribution in [0.3, 0.4) is 0 Å². The Morgan fingerprint density at radius 1 is 1.08 bits per heavy atom. The molecule has 2 aliphatic rings. The van der Waals surface area contributed by atoms with Gasteiger partial charge in [0.25, 0.3) is 5.91 Å². The Kier molecular flexibility index (Phi) is 7.30. The van der Waals surface area contributed by atoms with E-state index in [2.05, 4.69) is 34.6 Å². The number of amidine groups is 1. The number of amides is 2. The van der Waals surface area contributed by atoms with E-state index in [4.69, 9.17) is 21.4 Å². The number of rotatable bonds is 6. The molecule has 0 spiro atoms. The Bertz CT molecular complexity index is 1370. The van der Waals surface area contributed by atoms with Crippen LogP contribution in [0.2, 0.25) is 5.02 Å². The summed E-state index contributed by atoms with van der Waals surface area (Å²) in [5.74, 6) is 0.181. The molecule has 1 N–H and O–H groups in total. The molecule has 0 fully saturated rings. The van der Waals surface area contributed by atoms with Crippen LogP contribution in [-0.4, -0.2) is 40.1 Å². The molecule has 2 amide bonds. The molecule has 7 nitrogen and oxygen atoms in total. The number of halogens is 1. The molecule has 188 valence electrons. The number of benzene rings is 3. The number of thioether (sulfide) groups is 1. The molecule has 0 saturated carbocycles. The van der Waals surface area contributed by atoms with Gasteiger partial charge in [0.1, 0.15) is 11.0 Å². The molecule has 2 aliphatic heterocycles. The number of carbonyl (C=O) groups is 2. The third-order valence-electron chi connectivity index (χ3n) is 6.22. The zero-order chi connectivity index (χ0) is 25.9. The van der Waals surface area contributed by atoms with Crippen LogP contribution in [0.4, 0.5) is 5.69 Å². The summed E-state index contributed by atoms with van der Waals surface area (Å²) in [5.41, 5.74) is 4.75. The minimum Gasteiger partial charge on any atom is -0.497 e. The van der Waals surface area contributed by atoms with Crippen molar-refractivity contribution in [2.24, 2.45) is 10.1 Å². The molecule has 3 aromatic rings. The van der Waals surface area contributed by atoms with E-state index < -0.39 is 5.25 Å². The van der Waals surface area contributed by atoms with Crippen molar-refractivity contribution in [3.05, 3.63) is 94.5 Å². The second-order valence-electron chi connectivity index (χ2n) is 8.85. The summed E-state index contributed by atoms with van der Waals surface area (Å²) in [7, 11) is 1.63. The molecular weight excluding hydrogens is 508 g/mol. The fourth-order valence-electron chi connectivity index (χ4n) is 4.21. The number of hydrazone groups is 1. The van der Waals surface area contributed by atoms with Crippen LogP contribution in [-0.2, 0) is 9.59 Å². The zero-order valence-corrected chi connectivity index (χ0v) is 21.9. The van der Waals surface area contributed by atoms with E-state index in [0.717, 1.165) is 22.6 Å². The van der Waals surface area contributed by atoms with Crippen molar-refractivity contribution in [1.82, 2.24) is 5.01 Å². The molecule has 0 aromatic heterocycles. The lowest BCUT2D eigenvalue weighted by atomic mass is 9.98. The normalized spacial score (nSPS) is 19.0. The number of nitrogens with one attached hydrogen (secondary N) is 1. The lowest BCUT2D eigenvalue weighted by molar-refractivity contribution is -0.121. The summed E-state index contributed by atoms with van der Waals surface area (Å²) in [4.78, 5) is 29.7. The van der Waals surface area contributed by atoms with Gasteiger partial charge in [-0.2, -0.15) is 10.1 Å². The van der Waals surface area contributed by atoms with Crippen LogP contribution in [0.1, 0.15) is 35.6 Å². The largest absolute Gasteiger partial charge is 0.497 e. The summed E-state index contributed by atoms with van der Waals surface area (Å²) in [6.07, 6.45) is 0.669. The molecule has 2 heterocycles. The predicted octanol–water partition coefficient (Wildman–Crippen LogP) is 5.83. The maximum absolute atomic E-state index is 12.8. The fourth-order valence-corrected chi connectivity index (χ4v) is 5.40. The van der Waals surface area contributed by atoms with E-state index in [1.807, 2.05) is 36.2 Å². The van der Waals surface area contributed by atoms with Crippen LogP contribution in [0, 0.1) is 6.92 Å². The van der Waals surface area contributed by atoms with E-state index in [1.54, 1.807) is 31.4 Å². The SMILES string of the molecule is COc1ccc(C2=NN(C3=NC(=O)[C@@H](CC(=O)Nc4ccc(Cl)cc4)S3)[C@H](c3ccc(C)cc3)C2)cc1. The smallest absolute Gasteiger partial charge is 0.262 e. The summed E-state index contributed by atoms with van der Waals surface area (Å²) < 4.78 is 5.29. The number of aryl methyl sites for hydroxylation is 1. The maximum Gasteiger partial charge on any atom is 0.262 e. The van der Waals surface area contributed by atoms with E-state index in [-0.39, 0.29) is 24.3 Å². The van der Waals surface area contributed by atoms with Gasteiger partial charge in [-0.15, -0.1) is 0 Å². The number of aliphatic imine (C=N–C) groups is 1. The first kappa shape index (κ1) is 25.0. The molecule has 3 aromatic carbocycles. The van der Waals surface area contributed by atoms with E-state index in [1.165, 1.54) is 17.3 Å². The summed E-state index contributed by atoms with van der Waals surface area (Å²) >= 11 is 7.19. The number of ether oxygens (including phenoxy) is 1. The molecule has 9 heteroatoms. The van der Waals surface area contributed by atoms with Crippen molar-refractivity contribution < 1.29 is 14.3 Å². The van der Waals surface area contributed by atoms with Crippen LogP contribution >= 0.6 is 23.4 Å². The Hall–Kier alpha value is -3.62. The van der Waals surface area contributed by atoms with Gasteiger partial charge in [0.2, 0.25) is 5.91 Å². The minimum atomic E-state index is -0.610. The minimum absolute atomic E-state index is 0.0111. The molecule has 0 aliphatic carbocycles. The van der Waals surface area contributed by atoms with Gasteiger partial charge < -0.3 is 10.1 Å². The van der Waals surface area contributed by atoms with Gasteiger partial charge in [-0.25, -0.2) is 5.01 Å². The van der Waals surface area contributed by atoms with Crippen LogP contribution in [0.15, 0.2) is 82.9 Å². The van der Waals surface area contributed by atoms with Gasteiger partial charge in [0.05, 0.1) is 18.9 Å². The van der Waals surface area contributed by atoms with Crippen molar-refractivity contribution in [3.8, 4) is 5.75 Å². The number of anilines is 1. The first-order chi connectivity index (χ1) is 17.9. The highest BCUT2D eigenvalue weighted by molar-refractivity contribution is 8.15. The maximum atomic E-state index is 12.8. The molecule has 0 bridgehead atoms. The van der Waals surface area contributed by atoms with E-state index >= 15 is 0 Å². The van der Waals surface area contributed by atoms with Crippen molar-refractivity contribution in [2.45, 2.75) is 31.1 Å². The molecule has 2 atom stereocenters. The van der Waals surface area contributed by atoms with E-state index in [0.29, 0.717) is 22.3 Å². The highest BCUT2D eigenvalue weighted by Crippen LogP contribution is 2.39. The third-order valence-corrected chi connectivity index (χ3v) is 7.61. The number of methoxy groups -OCH3 is 1. The van der Waals surface area contributed by atoms with Gasteiger partial charge in [-0.05, 0) is 66.6 Å². The summed E-state index contributed by atoms with van der Waals surface area (Å²) in [6, 6.07) is 22.8. The molecule has 0 unspecified atom stereocenters. The number of hydrogen-bond donors (Lipinski definition) is 1. The fraction of sp³-hybridized carbons (Fsp3) is 0.214. The van der Waals surface area contributed by atoms with Crippen molar-refractivity contribution in [3.63, 3.8) is 0 Å². The lowest BCUT2D eigenvalue weighted by Gasteiger charge is -2.23. The number of carbonyl (C=O) groups excluding carboxylic acids is 2. The van der Waals surface area contributed by atoms with Gasteiger partial charge in [-0.1, -0.05) is 53.2 Å². The van der Waals surface area contributed by atoms with Gasteiger partial charge in [-0.3, -0.25) is 9.59 Å². The second kappa shape index (κ2) is 10.8. The van der Waals surface area contributed by atoms with Crippen molar-refractivity contribution >= 4 is 51.7 Å². The van der Waals surface area contributed by atoms with E-state index in [9.17, 15) is 9.59 Å². The van der Waals surface area contributed by atoms with Crippen molar-refractivity contribution in [2.75, 3.05) is 12.4 Å². The summed E-state index contributed by atoms with van der Waals surface area (Å²) in [5, 5.41) is 10.0. The average molecular weight is 533 g/mol. The Morgan fingerprint density at radius 3 is 2.46 bits per heavy atom. The Morgan fingerprint density at radius 2 is 1.78 bits per heavy atom. The topological polar surface area (TPSA) is 83.4 Å². The third kappa shape index (κ3) is 5.70. The molecule has 37 heavy (non-hydrogen) atoms. The summed E-state index contributed by atoms with van der Waals surface area (Å²) in [6.45, 7) is 2.05. The second-order valence-corrected chi connectivity index (χ2v) is 10.5. The van der Waals surface area contributed by atoms with Crippen LogP contribution < -0.4 is 10.1 Å². The van der Waals surface area contributed by atoms with Crippen molar-refractivity contribution in [1.29, 1.82) is 0 Å². The standard InChI is InChI=1S/C28H25ClN4O3S/c1-17-3-5-19(6-4-17)24-15-23(18-7-13-22(36-2)14-8-18)32-33(24)28-31-27(35)25(37-28)16-26(34)30-21-11-9-20(29)10-12-21/h3-14,24-25H,15-16H2,1-2H3,(H,30,34)/t24-,25+/m0/s1. The molecule has 0 saturated heterocycles. The number of nitrogens with zero attached hydrogens (tertiary/aromatic N) is 3. The molecule has 0 radical (unpaired) electrons. The Balaban J connectivity index is 1.35. The van der Waals surface area contributed by atoms with Gasteiger partial charge in [0.15, 0.2) is 5.17 Å². The quantitative estimate of drug-likeness (QED) is 0.431. The molecule has 5 rings (SSSR count).